The molecule has 0 bridgehead atoms. The van der Waals surface area contributed by atoms with Gasteiger partial charge in [0, 0.05) is 77.1 Å². The van der Waals surface area contributed by atoms with Crippen LogP contribution in [0, 0.1) is 94.7 Å². The van der Waals surface area contributed by atoms with Gasteiger partial charge in [-0.1, -0.05) is 424 Å². The van der Waals surface area contributed by atoms with Crippen molar-refractivity contribution in [2.75, 3.05) is 0 Å². The molecule has 0 N–H and O–H groups in total. The highest BCUT2D eigenvalue weighted by atomic mass is 15.5. The van der Waals surface area contributed by atoms with Crippen LogP contribution in [0.1, 0.15) is 530 Å². The second-order valence-corrected chi connectivity index (χ2v) is 49.5. The molecule has 0 saturated heterocycles. The van der Waals surface area contributed by atoms with Gasteiger partial charge in [-0.05, 0) is 249 Å². The highest BCUT2D eigenvalue weighted by molar-refractivity contribution is 4.99. The molecule has 0 saturated carbocycles. The SMILES string of the molecule is CC(C)CCCCCCc1cn(CCC(C)C)nn1.CC(C)CCCCCCc1cn(CCC(C)C)nn1.CC(C)CCCCCCc1cnnn1CCC(C)C.CC(C)CCCCCc1cnnn1CC(C)C.CC(C)CCCCCc1cnnn1CCC(C)C.CC(C)CCCCCc1cnnn1CCCC(C)C.CC(C)CCCCc1cn(CCC(C)C)nn1.CC(C)CCCCc1cn(CCC(C)C)nn1. The van der Waals surface area contributed by atoms with Crippen molar-refractivity contribution in [3.63, 3.8) is 0 Å². The van der Waals surface area contributed by atoms with Gasteiger partial charge in [-0.3, -0.25) is 18.7 Å². The highest BCUT2D eigenvalue weighted by Gasteiger charge is 2.15. The van der Waals surface area contributed by atoms with Crippen molar-refractivity contribution in [2.45, 2.75) is 589 Å². The summed E-state index contributed by atoms with van der Waals surface area (Å²) in [6, 6.07) is 0. The third kappa shape index (κ3) is 82.6. The van der Waals surface area contributed by atoms with Crippen molar-refractivity contribution in [1.29, 1.82) is 0 Å². The predicted molar refractivity (Wildman–Crippen MR) is 617 cm³/mol. The molecule has 145 heavy (non-hydrogen) atoms. The topological polar surface area (TPSA) is 246 Å². The number of unbranched alkanes of at least 4 members (excludes halogenated alkanes) is 17. The lowest BCUT2D eigenvalue weighted by atomic mass is 10.0. The maximum atomic E-state index is 4.25. The van der Waals surface area contributed by atoms with Crippen molar-refractivity contribution in [3.05, 3.63) is 95.1 Å². The van der Waals surface area contributed by atoms with Gasteiger partial charge < -0.3 is 0 Å². The Hall–Kier alpha value is -6.88. The monoisotopic (exact) mass is 2020 g/mol. The standard InChI is InChI=1S/4C16H31N3.C15H29N3.3C14H27N3/c1-14(2)9-6-5-7-11-16-13-17-18-19(16)12-8-10-15(3)4;2*1-14(2)9-7-5-6-8-10-16-13-19(18-17-16)12-11-15(3)4;1-14(2)9-7-5-6-8-10-16-13-17-18-19(16)12-11-15(3)4;1-13(2)8-6-5-7-9-15-12-16-17-18(15)11-10-14(3)4;2*1-12(2)7-5-6-8-14-11-17(16-15-14)10-9-13(3)4;1-12(2)8-6-5-7-9-14-10-15-16-17(14)11-13(3)4/h4*13-15H,5-12H2,1-4H3;12-14H,5-11H2,1-4H3;2*11-13H,5-10H2,1-4H3;10,12-13H,5-9,11H2,1-4H3. The zero-order valence-corrected chi connectivity index (χ0v) is 101. The van der Waals surface area contributed by atoms with Crippen LogP contribution in [0.5, 0.6) is 0 Å². The molecule has 0 aliphatic rings. The van der Waals surface area contributed by atoms with E-state index in [-0.39, 0.29) is 0 Å². The van der Waals surface area contributed by atoms with E-state index in [0.717, 1.165) is 215 Å². The lowest BCUT2D eigenvalue weighted by Gasteiger charge is -2.08. The molecule has 0 aliphatic carbocycles. The molecule has 8 aromatic heterocycles. The van der Waals surface area contributed by atoms with Crippen molar-refractivity contribution in [1.82, 2.24) is 120 Å². The Labute approximate surface area is 893 Å². The molecule has 8 heterocycles. The fraction of sp³-hybridized carbons (Fsp3) is 0.868. The van der Waals surface area contributed by atoms with Crippen LogP contribution in [0.3, 0.4) is 0 Å². The summed E-state index contributed by atoms with van der Waals surface area (Å²) in [6.07, 6.45) is 78.3. The molecule has 0 fully saturated rings. The Bertz CT molecular complexity index is 3960. The van der Waals surface area contributed by atoms with Crippen LogP contribution in [0.4, 0.5) is 0 Å². The second-order valence-electron chi connectivity index (χ2n) is 49.5. The van der Waals surface area contributed by atoms with E-state index in [2.05, 4.69) is 348 Å². The number of aryl methyl sites for hydroxylation is 15. The van der Waals surface area contributed by atoms with Gasteiger partial charge in [-0.2, -0.15) is 0 Å². The third-order valence-electron chi connectivity index (χ3n) is 26.4. The fourth-order valence-corrected chi connectivity index (χ4v) is 16.6. The summed E-state index contributed by atoms with van der Waals surface area (Å²) in [5.74, 6) is 12.5. The van der Waals surface area contributed by atoms with E-state index in [0.29, 0.717) is 5.92 Å². The minimum absolute atomic E-state index is 0.636. The molecule has 0 unspecified atom stereocenters. The Kier molecular flexibility index (Phi) is 82.4. The summed E-state index contributed by atoms with van der Waals surface area (Å²) >= 11 is 0. The van der Waals surface area contributed by atoms with E-state index in [1.807, 2.05) is 43.5 Å². The second kappa shape index (κ2) is 87.8. The van der Waals surface area contributed by atoms with E-state index in [9.17, 15) is 0 Å². The number of hydrogen-bond acceptors (Lipinski definition) is 16. The van der Waals surface area contributed by atoms with Crippen molar-refractivity contribution in [2.24, 2.45) is 94.7 Å². The van der Waals surface area contributed by atoms with Crippen LogP contribution in [0.2, 0.25) is 0 Å². The molecular weight excluding hydrogens is 1790 g/mol. The molecular formula is C121H234N24. The summed E-state index contributed by atoms with van der Waals surface area (Å²) in [5.41, 5.74) is 9.84. The molecule has 8 rings (SSSR count). The molecule has 0 radical (unpaired) electrons. The first kappa shape index (κ1) is 136. The molecule has 0 amide bonds. The zero-order valence-electron chi connectivity index (χ0n) is 101. The normalized spacial score (nSPS) is 11.7. The number of hydrogen-bond donors (Lipinski definition) is 0. The van der Waals surface area contributed by atoms with Crippen LogP contribution in [0.15, 0.2) is 49.6 Å². The van der Waals surface area contributed by atoms with E-state index in [1.54, 1.807) is 0 Å². The third-order valence-corrected chi connectivity index (χ3v) is 26.4. The van der Waals surface area contributed by atoms with Gasteiger partial charge in [0.15, 0.2) is 0 Å². The van der Waals surface area contributed by atoms with Gasteiger partial charge in [0.1, 0.15) is 0 Å². The summed E-state index contributed by atoms with van der Waals surface area (Å²) in [7, 11) is 0. The Morgan fingerprint density at radius 2 is 0.331 bits per heavy atom. The average molecular weight is 2030 g/mol. The predicted octanol–water partition coefficient (Wildman–Crippen LogP) is 33.1. The Morgan fingerprint density at radius 1 is 0.159 bits per heavy atom. The van der Waals surface area contributed by atoms with Gasteiger partial charge in [0.25, 0.3) is 0 Å². The smallest absolute Gasteiger partial charge is 0.0827 e. The largest absolute Gasteiger partial charge is 0.252 e. The van der Waals surface area contributed by atoms with E-state index < -0.39 is 0 Å². The van der Waals surface area contributed by atoms with Crippen LogP contribution in [0.25, 0.3) is 0 Å². The van der Waals surface area contributed by atoms with E-state index in [4.69, 9.17) is 0 Å². The molecule has 24 heteroatoms. The Balaban J connectivity index is 0.000000829. The van der Waals surface area contributed by atoms with Gasteiger partial charge in [-0.15, -0.1) is 40.8 Å². The first-order valence-electron chi connectivity index (χ1n) is 60.2. The van der Waals surface area contributed by atoms with E-state index in [1.165, 1.54) is 286 Å². The lowest BCUT2D eigenvalue weighted by Crippen LogP contribution is -2.09. The number of nitrogens with zero attached hydrogens (tertiary/aromatic N) is 24. The summed E-state index contributed by atoms with van der Waals surface area (Å²) in [5, 5.41) is 66.6. The first-order chi connectivity index (χ1) is 69.2. The van der Waals surface area contributed by atoms with Gasteiger partial charge in [0.05, 0.1) is 70.3 Å². The summed E-state index contributed by atoms with van der Waals surface area (Å²) in [6.45, 7) is 80.7. The molecule has 8 aromatic rings. The molecule has 0 atom stereocenters. The van der Waals surface area contributed by atoms with Crippen LogP contribution in [-0.2, 0) is 104 Å². The Morgan fingerprint density at radius 3 is 0.559 bits per heavy atom. The summed E-state index contributed by atoms with van der Waals surface area (Å²) in [4.78, 5) is 0. The maximum absolute atomic E-state index is 4.25. The first-order valence-corrected chi connectivity index (χ1v) is 60.2. The fourth-order valence-electron chi connectivity index (χ4n) is 16.6. The molecule has 0 aromatic carbocycles. The molecule has 838 valence electrons. The number of rotatable bonds is 73. The molecule has 0 spiro atoms. The summed E-state index contributed by atoms with van der Waals surface area (Å²) < 4.78 is 16.3. The van der Waals surface area contributed by atoms with Gasteiger partial charge in [0.2, 0.25) is 0 Å². The van der Waals surface area contributed by atoms with Crippen LogP contribution >= 0.6 is 0 Å². The van der Waals surface area contributed by atoms with Gasteiger partial charge in [-0.25, -0.2) is 18.7 Å². The zero-order chi connectivity index (χ0) is 108. The lowest BCUT2D eigenvalue weighted by molar-refractivity contribution is 0.453. The van der Waals surface area contributed by atoms with Crippen LogP contribution < -0.4 is 0 Å². The van der Waals surface area contributed by atoms with E-state index >= 15 is 0 Å². The maximum Gasteiger partial charge on any atom is 0.0827 e. The minimum atomic E-state index is 0.636. The quantitative estimate of drug-likeness (QED) is 0.0322. The average Bonchev–Trinajstić information content (AvgIpc) is 1.76. The van der Waals surface area contributed by atoms with Crippen LogP contribution in [-0.4, -0.2) is 120 Å². The molecule has 0 aliphatic heterocycles. The number of aromatic nitrogens is 24. The van der Waals surface area contributed by atoms with Crippen molar-refractivity contribution in [3.8, 4) is 0 Å². The van der Waals surface area contributed by atoms with Crippen molar-refractivity contribution < 1.29 is 0 Å². The van der Waals surface area contributed by atoms with Crippen molar-refractivity contribution >= 4 is 0 Å². The minimum Gasteiger partial charge on any atom is -0.252 e. The molecule has 24 nitrogen and oxygen atoms in total. The van der Waals surface area contributed by atoms with Gasteiger partial charge >= 0.3 is 0 Å². The highest BCUT2D eigenvalue weighted by Crippen LogP contribution is 2.22.